The van der Waals surface area contributed by atoms with E-state index in [1.807, 2.05) is 60.7 Å². The van der Waals surface area contributed by atoms with Crippen molar-refractivity contribution in [2.45, 2.75) is 0 Å². The van der Waals surface area contributed by atoms with Crippen LogP contribution in [0.4, 0.5) is 11.6 Å². The maximum absolute atomic E-state index is 12.0. The fourth-order valence-electron chi connectivity index (χ4n) is 2.38. The number of nitrogens with zero attached hydrogens (tertiary/aromatic N) is 1. The molecular formula is C23H19N3O2. The van der Waals surface area contributed by atoms with E-state index in [4.69, 9.17) is 0 Å². The van der Waals surface area contributed by atoms with E-state index in [0.717, 1.165) is 11.1 Å². The maximum atomic E-state index is 12.0. The van der Waals surface area contributed by atoms with E-state index in [-0.39, 0.29) is 11.8 Å². The van der Waals surface area contributed by atoms with Gasteiger partial charge in [0.2, 0.25) is 11.8 Å². The summed E-state index contributed by atoms with van der Waals surface area (Å²) in [6.45, 7) is 0. The zero-order valence-electron chi connectivity index (χ0n) is 15.1. The van der Waals surface area contributed by atoms with Crippen molar-refractivity contribution in [1.82, 2.24) is 4.98 Å². The third-order valence-electron chi connectivity index (χ3n) is 3.71. The van der Waals surface area contributed by atoms with Crippen LogP contribution >= 0.6 is 0 Å². The first kappa shape index (κ1) is 18.8. The Labute approximate surface area is 163 Å². The van der Waals surface area contributed by atoms with Gasteiger partial charge >= 0.3 is 0 Å². The third kappa shape index (κ3) is 6.07. The molecule has 0 radical (unpaired) electrons. The van der Waals surface area contributed by atoms with Crippen LogP contribution in [0.1, 0.15) is 11.1 Å². The summed E-state index contributed by atoms with van der Waals surface area (Å²) in [6.07, 6.45) is 6.31. The molecule has 3 rings (SSSR count). The fraction of sp³-hybridized carbons (Fsp3) is 0. The largest absolute Gasteiger partial charge is 0.307 e. The molecule has 0 bridgehead atoms. The summed E-state index contributed by atoms with van der Waals surface area (Å²) in [5.41, 5.74) is 1.86. The molecule has 5 nitrogen and oxygen atoms in total. The topological polar surface area (TPSA) is 71.1 Å². The van der Waals surface area contributed by atoms with Gasteiger partial charge in [-0.3, -0.25) is 9.59 Å². The van der Waals surface area contributed by atoms with Crippen LogP contribution in [-0.2, 0) is 9.59 Å². The van der Waals surface area contributed by atoms with Crippen molar-refractivity contribution in [2.24, 2.45) is 0 Å². The Hall–Kier alpha value is -3.99. The predicted molar refractivity (Wildman–Crippen MR) is 112 cm³/mol. The second-order valence-electron chi connectivity index (χ2n) is 5.87. The molecule has 2 amide bonds. The summed E-state index contributed by atoms with van der Waals surface area (Å²) in [5, 5.41) is 5.35. The average molecular weight is 369 g/mol. The minimum Gasteiger partial charge on any atom is -0.307 e. The number of carbonyl (C=O) groups excluding carboxylic acids is 2. The SMILES string of the molecule is O=C(/C=C/c1ccccc1)Nc1cccc(NC(=O)/C=C/c2ccccc2)n1. The van der Waals surface area contributed by atoms with Crippen molar-refractivity contribution in [3.63, 3.8) is 0 Å². The molecule has 1 heterocycles. The third-order valence-corrected chi connectivity index (χ3v) is 3.71. The summed E-state index contributed by atoms with van der Waals surface area (Å²) in [5.74, 6) is 0.104. The van der Waals surface area contributed by atoms with E-state index < -0.39 is 0 Å². The highest BCUT2D eigenvalue weighted by Crippen LogP contribution is 2.10. The predicted octanol–water partition coefficient (Wildman–Crippen LogP) is 4.39. The Bertz CT molecular complexity index is 918. The van der Waals surface area contributed by atoms with Crippen LogP contribution in [0.5, 0.6) is 0 Å². The van der Waals surface area contributed by atoms with Crippen LogP contribution in [0.25, 0.3) is 12.2 Å². The van der Waals surface area contributed by atoms with Gasteiger partial charge in [-0.05, 0) is 35.4 Å². The minimum atomic E-state index is -0.302. The van der Waals surface area contributed by atoms with Crippen molar-refractivity contribution >= 4 is 35.6 Å². The number of aromatic nitrogens is 1. The number of pyridine rings is 1. The Morgan fingerprint density at radius 1 is 0.607 bits per heavy atom. The van der Waals surface area contributed by atoms with E-state index >= 15 is 0 Å². The first-order chi connectivity index (χ1) is 13.7. The molecule has 5 heteroatoms. The Kier molecular flexibility index (Phi) is 6.47. The summed E-state index contributed by atoms with van der Waals surface area (Å²) >= 11 is 0. The number of amides is 2. The number of benzene rings is 2. The smallest absolute Gasteiger partial charge is 0.249 e. The minimum absolute atomic E-state index is 0.302. The number of anilines is 2. The maximum Gasteiger partial charge on any atom is 0.249 e. The first-order valence-corrected chi connectivity index (χ1v) is 8.74. The summed E-state index contributed by atoms with van der Waals surface area (Å²) < 4.78 is 0. The molecule has 0 saturated carbocycles. The molecule has 138 valence electrons. The lowest BCUT2D eigenvalue weighted by Gasteiger charge is -2.05. The monoisotopic (exact) mass is 369 g/mol. The van der Waals surface area contributed by atoms with Gasteiger partial charge in [0, 0.05) is 12.2 Å². The van der Waals surface area contributed by atoms with Crippen molar-refractivity contribution < 1.29 is 9.59 Å². The molecule has 28 heavy (non-hydrogen) atoms. The molecule has 2 N–H and O–H groups in total. The van der Waals surface area contributed by atoms with E-state index in [1.165, 1.54) is 12.2 Å². The molecule has 0 unspecified atom stereocenters. The summed E-state index contributed by atoms with van der Waals surface area (Å²) in [4.78, 5) is 28.3. The molecule has 0 aliphatic rings. The van der Waals surface area contributed by atoms with Gasteiger partial charge in [0.1, 0.15) is 11.6 Å². The van der Waals surface area contributed by atoms with Crippen molar-refractivity contribution in [2.75, 3.05) is 10.6 Å². The van der Waals surface area contributed by atoms with Crippen LogP contribution in [0, 0.1) is 0 Å². The molecule has 0 spiro atoms. The van der Waals surface area contributed by atoms with Gasteiger partial charge in [-0.15, -0.1) is 0 Å². The van der Waals surface area contributed by atoms with Gasteiger partial charge < -0.3 is 10.6 Å². The Morgan fingerprint density at radius 3 is 1.46 bits per heavy atom. The van der Waals surface area contributed by atoms with Crippen LogP contribution < -0.4 is 10.6 Å². The van der Waals surface area contributed by atoms with E-state index in [1.54, 1.807) is 30.4 Å². The highest BCUT2D eigenvalue weighted by atomic mass is 16.2. The van der Waals surface area contributed by atoms with E-state index in [2.05, 4.69) is 15.6 Å². The van der Waals surface area contributed by atoms with Crippen LogP contribution in [0.3, 0.4) is 0 Å². The average Bonchev–Trinajstić information content (AvgIpc) is 2.72. The first-order valence-electron chi connectivity index (χ1n) is 8.74. The fourth-order valence-corrected chi connectivity index (χ4v) is 2.38. The van der Waals surface area contributed by atoms with Gasteiger partial charge in [-0.1, -0.05) is 66.7 Å². The van der Waals surface area contributed by atoms with E-state index in [9.17, 15) is 9.59 Å². The second kappa shape index (κ2) is 9.64. The normalized spacial score (nSPS) is 10.9. The molecule has 0 aliphatic carbocycles. The zero-order chi connectivity index (χ0) is 19.6. The van der Waals surface area contributed by atoms with Crippen LogP contribution in [0.2, 0.25) is 0 Å². The highest BCUT2D eigenvalue weighted by molar-refractivity contribution is 6.03. The molecule has 1 aromatic heterocycles. The number of hydrogen-bond acceptors (Lipinski definition) is 3. The van der Waals surface area contributed by atoms with Crippen LogP contribution in [0.15, 0.2) is 91.0 Å². The molecule has 0 aliphatic heterocycles. The lowest BCUT2D eigenvalue weighted by Crippen LogP contribution is -2.12. The number of carbonyl (C=O) groups is 2. The number of hydrogen-bond donors (Lipinski definition) is 2. The lowest BCUT2D eigenvalue weighted by molar-refractivity contribution is -0.112. The second-order valence-corrected chi connectivity index (χ2v) is 5.87. The number of rotatable bonds is 6. The van der Waals surface area contributed by atoms with Crippen molar-refractivity contribution in [3.8, 4) is 0 Å². The molecule has 2 aromatic carbocycles. The lowest BCUT2D eigenvalue weighted by atomic mass is 10.2. The Balaban J connectivity index is 1.57. The molecule has 3 aromatic rings. The number of nitrogens with one attached hydrogen (secondary N) is 2. The standard InChI is InChI=1S/C23H19N3O2/c27-22(16-14-18-8-3-1-4-9-18)25-20-12-7-13-21(24-20)26-23(28)17-15-19-10-5-2-6-11-19/h1-17H,(H2,24,25,26,27,28)/b16-14+,17-15+. The van der Waals surface area contributed by atoms with Crippen molar-refractivity contribution in [1.29, 1.82) is 0 Å². The van der Waals surface area contributed by atoms with Crippen molar-refractivity contribution in [3.05, 3.63) is 102 Å². The van der Waals surface area contributed by atoms with Gasteiger partial charge in [0.05, 0.1) is 0 Å². The quantitative estimate of drug-likeness (QED) is 0.633. The summed E-state index contributed by atoms with van der Waals surface area (Å²) in [6, 6.07) is 24.1. The Morgan fingerprint density at radius 2 is 1.04 bits per heavy atom. The highest BCUT2D eigenvalue weighted by Gasteiger charge is 2.03. The zero-order valence-corrected chi connectivity index (χ0v) is 15.1. The van der Waals surface area contributed by atoms with Gasteiger partial charge in [-0.2, -0.15) is 0 Å². The molecule has 0 saturated heterocycles. The van der Waals surface area contributed by atoms with Gasteiger partial charge in [-0.25, -0.2) is 4.98 Å². The van der Waals surface area contributed by atoms with E-state index in [0.29, 0.717) is 11.6 Å². The molecule has 0 fully saturated rings. The van der Waals surface area contributed by atoms with Gasteiger partial charge in [0.15, 0.2) is 0 Å². The summed E-state index contributed by atoms with van der Waals surface area (Å²) in [7, 11) is 0. The van der Waals surface area contributed by atoms with Gasteiger partial charge in [0.25, 0.3) is 0 Å². The molecule has 0 atom stereocenters. The molecular weight excluding hydrogens is 350 g/mol. The van der Waals surface area contributed by atoms with Crippen LogP contribution in [-0.4, -0.2) is 16.8 Å².